The summed E-state index contributed by atoms with van der Waals surface area (Å²) in [6.45, 7) is 3.32. The first kappa shape index (κ1) is 12.9. The molecule has 19 heavy (non-hydrogen) atoms. The second kappa shape index (κ2) is 5.92. The molecule has 0 bridgehead atoms. The Morgan fingerprint density at radius 1 is 1.21 bits per heavy atom. The summed E-state index contributed by atoms with van der Waals surface area (Å²) in [5.41, 5.74) is 4.85. The van der Waals surface area contributed by atoms with Crippen LogP contribution in [0.2, 0.25) is 0 Å². The molecule has 0 aromatic heterocycles. The highest BCUT2D eigenvalue weighted by atomic mass is 14.9. The third-order valence-electron chi connectivity index (χ3n) is 4.76. The van der Waals surface area contributed by atoms with E-state index in [2.05, 4.69) is 42.6 Å². The van der Waals surface area contributed by atoms with Crippen molar-refractivity contribution in [2.24, 2.45) is 5.92 Å². The largest absolute Gasteiger partial charge is 0.310 e. The van der Waals surface area contributed by atoms with Crippen LogP contribution in [0.4, 0.5) is 0 Å². The zero-order chi connectivity index (χ0) is 13.1. The van der Waals surface area contributed by atoms with Gasteiger partial charge >= 0.3 is 0 Å². The fourth-order valence-electron chi connectivity index (χ4n) is 3.81. The number of nitrogens with one attached hydrogen (secondary N) is 1. The molecule has 2 unspecified atom stereocenters. The molecule has 2 aliphatic carbocycles. The number of benzene rings is 1. The van der Waals surface area contributed by atoms with Gasteiger partial charge in [-0.15, -0.1) is 0 Å². The molecule has 2 atom stereocenters. The fourth-order valence-corrected chi connectivity index (χ4v) is 3.81. The van der Waals surface area contributed by atoms with Gasteiger partial charge in [-0.05, 0) is 62.1 Å². The molecule has 0 radical (unpaired) electrons. The van der Waals surface area contributed by atoms with Crippen LogP contribution in [0.3, 0.4) is 0 Å². The van der Waals surface area contributed by atoms with E-state index in [0.717, 1.165) is 12.5 Å². The fraction of sp³-hybridized carbons (Fsp3) is 0.556. The predicted molar refractivity (Wildman–Crippen MR) is 81.4 cm³/mol. The van der Waals surface area contributed by atoms with Crippen molar-refractivity contribution in [2.75, 3.05) is 6.54 Å². The summed E-state index contributed by atoms with van der Waals surface area (Å²) in [5, 5.41) is 3.76. The van der Waals surface area contributed by atoms with Gasteiger partial charge in [-0.25, -0.2) is 0 Å². The molecule has 1 N–H and O–H groups in total. The van der Waals surface area contributed by atoms with Crippen LogP contribution in [-0.4, -0.2) is 12.6 Å². The molecule has 2 aliphatic rings. The van der Waals surface area contributed by atoms with Crippen LogP contribution in [0.25, 0.3) is 0 Å². The number of hydrogen-bond acceptors (Lipinski definition) is 1. The first-order valence-corrected chi connectivity index (χ1v) is 7.87. The first-order chi connectivity index (χ1) is 9.38. The van der Waals surface area contributed by atoms with Crippen molar-refractivity contribution < 1.29 is 0 Å². The van der Waals surface area contributed by atoms with Crippen molar-refractivity contribution in [1.29, 1.82) is 0 Å². The van der Waals surface area contributed by atoms with E-state index in [-0.39, 0.29) is 0 Å². The van der Waals surface area contributed by atoms with Gasteiger partial charge in [0.1, 0.15) is 0 Å². The van der Waals surface area contributed by atoms with Crippen molar-refractivity contribution in [1.82, 2.24) is 5.32 Å². The zero-order valence-corrected chi connectivity index (χ0v) is 12.0. The molecule has 0 aliphatic heterocycles. The lowest BCUT2D eigenvalue weighted by Gasteiger charge is -2.33. The van der Waals surface area contributed by atoms with Gasteiger partial charge in [-0.3, -0.25) is 0 Å². The van der Waals surface area contributed by atoms with Crippen LogP contribution in [-0.2, 0) is 12.8 Å². The van der Waals surface area contributed by atoms with Gasteiger partial charge < -0.3 is 5.32 Å². The summed E-state index contributed by atoms with van der Waals surface area (Å²) < 4.78 is 0. The zero-order valence-electron chi connectivity index (χ0n) is 12.0. The van der Waals surface area contributed by atoms with E-state index in [1.165, 1.54) is 38.5 Å². The average molecular weight is 255 g/mol. The summed E-state index contributed by atoms with van der Waals surface area (Å²) in [6.07, 6.45) is 10.3. The Morgan fingerprint density at radius 2 is 2.05 bits per heavy atom. The standard InChI is InChI=1S/C18H25N/c1-2-19-18(15-8-4-5-9-15)17-12-11-14-7-3-6-10-16(14)13-17/h3,6-8,10,17-19H,2,4-5,9,11-13H2,1H3. The second-order valence-electron chi connectivity index (χ2n) is 5.98. The summed E-state index contributed by atoms with van der Waals surface area (Å²) in [4.78, 5) is 0. The molecule has 0 amide bonds. The third kappa shape index (κ3) is 2.76. The maximum Gasteiger partial charge on any atom is 0.0311 e. The molecule has 1 heteroatoms. The van der Waals surface area contributed by atoms with Crippen molar-refractivity contribution in [3.63, 3.8) is 0 Å². The van der Waals surface area contributed by atoms with Gasteiger partial charge in [-0.2, -0.15) is 0 Å². The molecule has 1 aromatic rings. The van der Waals surface area contributed by atoms with Gasteiger partial charge in [0.2, 0.25) is 0 Å². The molecule has 0 fully saturated rings. The third-order valence-corrected chi connectivity index (χ3v) is 4.76. The molecular weight excluding hydrogens is 230 g/mol. The topological polar surface area (TPSA) is 12.0 Å². The minimum absolute atomic E-state index is 0.626. The molecule has 0 saturated carbocycles. The summed E-state index contributed by atoms with van der Waals surface area (Å²) in [7, 11) is 0. The van der Waals surface area contributed by atoms with Crippen LogP contribution < -0.4 is 5.32 Å². The lowest BCUT2D eigenvalue weighted by molar-refractivity contribution is 0.353. The normalized spacial score (nSPS) is 23.8. The molecule has 1 nitrogen and oxygen atoms in total. The van der Waals surface area contributed by atoms with Gasteiger partial charge in [-0.1, -0.05) is 42.8 Å². The van der Waals surface area contributed by atoms with Gasteiger partial charge in [0.15, 0.2) is 0 Å². The average Bonchev–Trinajstić information content (AvgIpc) is 2.98. The number of likely N-dealkylation sites (N-methyl/N-ethyl adjacent to an activating group) is 1. The van der Waals surface area contributed by atoms with Crippen molar-refractivity contribution in [3.05, 3.63) is 47.0 Å². The molecule has 3 rings (SSSR count). The monoisotopic (exact) mass is 255 g/mol. The van der Waals surface area contributed by atoms with Crippen LogP contribution in [0, 0.1) is 5.92 Å². The Labute approximate surface area is 117 Å². The molecule has 0 spiro atoms. The molecule has 102 valence electrons. The second-order valence-corrected chi connectivity index (χ2v) is 5.98. The quantitative estimate of drug-likeness (QED) is 0.805. The molecule has 0 heterocycles. The van der Waals surface area contributed by atoms with Crippen molar-refractivity contribution in [3.8, 4) is 0 Å². The lowest BCUT2D eigenvalue weighted by Crippen LogP contribution is -2.40. The maximum absolute atomic E-state index is 3.76. The minimum Gasteiger partial charge on any atom is -0.310 e. The van der Waals surface area contributed by atoms with Gasteiger partial charge in [0.05, 0.1) is 0 Å². The van der Waals surface area contributed by atoms with E-state index < -0.39 is 0 Å². The smallest absolute Gasteiger partial charge is 0.0311 e. The van der Waals surface area contributed by atoms with Crippen LogP contribution in [0.5, 0.6) is 0 Å². The molecule has 1 aromatic carbocycles. The van der Waals surface area contributed by atoms with E-state index in [4.69, 9.17) is 0 Å². The Bertz CT molecular complexity index is 461. The summed E-state index contributed by atoms with van der Waals surface area (Å²) in [5.74, 6) is 0.791. The van der Waals surface area contributed by atoms with Crippen LogP contribution >= 0.6 is 0 Å². The van der Waals surface area contributed by atoms with Gasteiger partial charge in [0, 0.05) is 6.04 Å². The Balaban J connectivity index is 1.77. The highest BCUT2D eigenvalue weighted by Crippen LogP contribution is 2.33. The summed E-state index contributed by atoms with van der Waals surface area (Å²) >= 11 is 0. The Hall–Kier alpha value is -1.08. The van der Waals surface area contributed by atoms with E-state index in [9.17, 15) is 0 Å². The van der Waals surface area contributed by atoms with Crippen molar-refractivity contribution >= 4 is 0 Å². The molecule has 0 saturated heterocycles. The first-order valence-electron chi connectivity index (χ1n) is 7.87. The van der Waals surface area contributed by atoms with Crippen LogP contribution in [0.1, 0.15) is 43.7 Å². The van der Waals surface area contributed by atoms with Crippen molar-refractivity contribution in [2.45, 2.75) is 51.5 Å². The Kier molecular flexibility index (Phi) is 4.03. The van der Waals surface area contributed by atoms with E-state index in [1.807, 2.05) is 0 Å². The number of hydrogen-bond donors (Lipinski definition) is 1. The maximum atomic E-state index is 3.76. The lowest BCUT2D eigenvalue weighted by atomic mass is 9.77. The van der Waals surface area contributed by atoms with Crippen LogP contribution in [0.15, 0.2) is 35.9 Å². The van der Waals surface area contributed by atoms with E-state index in [0.29, 0.717) is 6.04 Å². The Morgan fingerprint density at radius 3 is 2.79 bits per heavy atom. The van der Waals surface area contributed by atoms with E-state index in [1.54, 1.807) is 16.7 Å². The minimum atomic E-state index is 0.626. The number of rotatable bonds is 4. The number of allylic oxidation sites excluding steroid dienone is 1. The number of fused-ring (bicyclic) bond motifs is 1. The van der Waals surface area contributed by atoms with Gasteiger partial charge in [0.25, 0.3) is 0 Å². The molecular formula is C18H25N. The highest BCUT2D eigenvalue weighted by molar-refractivity contribution is 5.31. The summed E-state index contributed by atoms with van der Waals surface area (Å²) in [6, 6.07) is 9.63. The highest BCUT2D eigenvalue weighted by Gasteiger charge is 2.28. The number of aryl methyl sites for hydroxylation is 1. The van der Waals surface area contributed by atoms with E-state index >= 15 is 0 Å². The SMILES string of the molecule is CCNC(C1=CCCC1)C1CCc2ccccc2C1. The predicted octanol–water partition coefficient (Wildman–Crippen LogP) is 3.88.